The molecule has 0 atom stereocenters. The lowest BCUT2D eigenvalue weighted by Crippen LogP contribution is -2.27. The Morgan fingerprint density at radius 2 is 1.40 bits per heavy atom. The maximum absolute atomic E-state index is 12.0. The van der Waals surface area contributed by atoms with E-state index in [0.717, 1.165) is 24.8 Å². The van der Waals surface area contributed by atoms with Crippen molar-refractivity contribution in [1.82, 2.24) is 20.3 Å². The molecular weight excluding hydrogens is 510 g/mol. The third-order valence-electron chi connectivity index (χ3n) is 6.43. The summed E-state index contributed by atoms with van der Waals surface area (Å²) in [4.78, 5) is 25.6. The second-order valence-corrected chi connectivity index (χ2v) is 9.55. The van der Waals surface area contributed by atoms with E-state index >= 15 is 0 Å². The number of rotatable bonds is 17. The van der Waals surface area contributed by atoms with Gasteiger partial charge in [-0.15, -0.1) is 0 Å². The van der Waals surface area contributed by atoms with Gasteiger partial charge in [0.25, 0.3) is 5.91 Å². The van der Waals surface area contributed by atoms with Crippen LogP contribution in [0.4, 0.5) is 17.8 Å². The van der Waals surface area contributed by atoms with Crippen LogP contribution >= 0.6 is 0 Å². The number of nitrogens with one attached hydrogen (secondary N) is 4. The van der Waals surface area contributed by atoms with E-state index in [4.69, 9.17) is 9.47 Å². The fourth-order valence-electron chi connectivity index (χ4n) is 4.32. The summed E-state index contributed by atoms with van der Waals surface area (Å²) in [6.45, 7) is 3.40. The number of aromatic hydroxyl groups is 1. The van der Waals surface area contributed by atoms with Gasteiger partial charge in [-0.3, -0.25) is 4.79 Å². The maximum atomic E-state index is 12.0. The number of carbonyl (C=O) groups excluding carboxylic acids is 1. The summed E-state index contributed by atoms with van der Waals surface area (Å²) in [5, 5.41) is 22.2. The second kappa shape index (κ2) is 16.2. The van der Waals surface area contributed by atoms with E-state index in [-0.39, 0.29) is 11.7 Å². The van der Waals surface area contributed by atoms with E-state index in [0.29, 0.717) is 75.5 Å². The Morgan fingerprint density at radius 1 is 0.775 bits per heavy atom. The Morgan fingerprint density at radius 3 is 2.10 bits per heavy atom. The van der Waals surface area contributed by atoms with E-state index in [9.17, 15) is 9.90 Å². The first-order valence-corrected chi connectivity index (χ1v) is 13.9. The van der Waals surface area contributed by atoms with Crippen molar-refractivity contribution in [3.8, 4) is 5.75 Å². The SMILES string of the molecule is O=C(NCCOCCOCCNc1nc(NCCc2ccc(O)cc2)nc(NC2CCCC2)n1)c1ccccc1. The van der Waals surface area contributed by atoms with Crippen LogP contribution in [0, 0.1) is 0 Å². The molecule has 1 fully saturated rings. The lowest BCUT2D eigenvalue weighted by Gasteiger charge is -2.14. The average Bonchev–Trinajstić information content (AvgIpc) is 3.48. The van der Waals surface area contributed by atoms with Crippen LogP contribution in [0.1, 0.15) is 41.6 Å². The molecule has 0 unspecified atom stereocenters. The fraction of sp³-hybridized carbons (Fsp3) is 0.448. The van der Waals surface area contributed by atoms with Crippen LogP contribution in [-0.2, 0) is 15.9 Å². The lowest BCUT2D eigenvalue weighted by atomic mass is 10.1. The van der Waals surface area contributed by atoms with E-state index in [1.165, 1.54) is 12.8 Å². The van der Waals surface area contributed by atoms with Gasteiger partial charge in [-0.25, -0.2) is 0 Å². The number of amides is 1. The zero-order chi connectivity index (χ0) is 27.8. The van der Waals surface area contributed by atoms with Gasteiger partial charge in [0, 0.05) is 31.2 Å². The number of anilines is 3. The minimum Gasteiger partial charge on any atom is -0.508 e. The van der Waals surface area contributed by atoms with E-state index in [1.807, 2.05) is 30.3 Å². The van der Waals surface area contributed by atoms with Crippen LogP contribution in [0.3, 0.4) is 0 Å². The highest BCUT2D eigenvalue weighted by Crippen LogP contribution is 2.21. The zero-order valence-electron chi connectivity index (χ0n) is 22.8. The molecule has 1 aromatic heterocycles. The average molecular weight is 550 g/mol. The highest BCUT2D eigenvalue weighted by Gasteiger charge is 2.17. The first-order valence-electron chi connectivity index (χ1n) is 13.9. The molecule has 2 aromatic carbocycles. The Kier molecular flexibility index (Phi) is 11.8. The number of aromatic nitrogens is 3. The van der Waals surface area contributed by atoms with E-state index < -0.39 is 0 Å². The molecule has 0 spiro atoms. The van der Waals surface area contributed by atoms with Crippen LogP contribution in [-0.4, -0.2) is 78.1 Å². The Hall–Kier alpha value is -3.96. The highest BCUT2D eigenvalue weighted by atomic mass is 16.5. The molecule has 0 radical (unpaired) electrons. The van der Waals surface area contributed by atoms with E-state index in [1.54, 1.807) is 24.3 Å². The van der Waals surface area contributed by atoms with Gasteiger partial charge in [-0.2, -0.15) is 15.0 Å². The molecule has 0 saturated heterocycles. The van der Waals surface area contributed by atoms with Gasteiger partial charge in [-0.05, 0) is 49.1 Å². The molecule has 214 valence electrons. The van der Waals surface area contributed by atoms with Gasteiger partial charge >= 0.3 is 0 Å². The van der Waals surface area contributed by atoms with Crippen molar-refractivity contribution in [3.05, 3.63) is 65.7 Å². The molecule has 11 heteroatoms. The van der Waals surface area contributed by atoms with Crippen LogP contribution in [0.25, 0.3) is 0 Å². The van der Waals surface area contributed by atoms with Gasteiger partial charge < -0.3 is 35.8 Å². The molecule has 1 aliphatic rings. The number of carbonyl (C=O) groups is 1. The summed E-state index contributed by atoms with van der Waals surface area (Å²) in [7, 11) is 0. The third-order valence-corrected chi connectivity index (χ3v) is 6.43. The quantitative estimate of drug-likeness (QED) is 0.159. The van der Waals surface area contributed by atoms with Gasteiger partial charge in [-0.1, -0.05) is 43.2 Å². The summed E-state index contributed by atoms with van der Waals surface area (Å²) < 4.78 is 11.2. The van der Waals surface area contributed by atoms with Gasteiger partial charge in [0.05, 0.1) is 26.4 Å². The molecule has 0 aliphatic heterocycles. The Balaban J connectivity index is 1.13. The Bertz CT molecular complexity index is 1160. The minimum atomic E-state index is -0.109. The smallest absolute Gasteiger partial charge is 0.251 e. The van der Waals surface area contributed by atoms with Crippen molar-refractivity contribution < 1.29 is 19.4 Å². The summed E-state index contributed by atoms with van der Waals surface area (Å²) >= 11 is 0. The van der Waals surface area contributed by atoms with Crippen LogP contribution in [0.5, 0.6) is 5.75 Å². The number of hydrogen-bond acceptors (Lipinski definition) is 10. The van der Waals surface area contributed by atoms with Crippen molar-refractivity contribution in [2.75, 3.05) is 62.0 Å². The van der Waals surface area contributed by atoms with Crippen molar-refractivity contribution in [1.29, 1.82) is 0 Å². The van der Waals surface area contributed by atoms with Crippen molar-refractivity contribution in [2.45, 2.75) is 38.1 Å². The van der Waals surface area contributed by atoms with Crippen molar-refractivity contribution in [2.24, 2.45) is 0 Å². The molecule has 0 bridgehead atoms. The van der Waals surface area contributed by atoms with Crippen molar-refractivity contribution >= 4 is 23.8 Å². The molecule has 40 heavy (non-hydrogen) atoms. The number of phenolic OH excluding ortho intramolecular Hbond substituents is 1. The topological polar surface area (TPSA) is 143 Å². The Labute approximate surface area is 235 Å². The molecule has 4 rings (SSSR count). The molecule has 11 nitrogen and oxygen atoms in total. The van der Waals surface area contributed by atoms with Crippen molar-refractivity contribution in [3.63, 3.8) is 0 Å². The van der Waals surface area contributed by atoms with Gasteiger partial charge in [0.1, 0.15) is 5.75 Å². The van der Waals surface area contributed by atoms with Crippen LogP contribution in [0.15, 0.2) is 54.6 Å². The third kappa shape index (κ3) is 10.3. The number of hydrogen-bond donors (Lipinski definition) is 5. The lowest BCUT2D eigenvalue weighted by molar-refractivity contribution is 0.0519. The monoisotopic (exact) mass is 549 g/mol. The van der Waals surface area contributed by atoms with E-state index in [2.05, 4.69) is 36.2 Å². The normalized spacial score (nSPS) is 13.2. The molecule has 5 N–H and O–H groups in total. The fourth-order valence-corrected chi connectivity index (χ4v) is 4.32. The molecule has 1 amide bonds. The first kappa shape index (κ1) is 29.0. The number of benzene rings is 2. The second-order valence-electron chi connectivity index (χ2n) is 9.55. The summed E-state index contributed by atoms with van der Waals surface area (Å²) in [5.41, 5.74) is 1.75. The van der Waals surface area contributed by atoms with Crippen LogP contribution < -0.4 is 21.3 Å². The highest BCUT2D eigenvalue weighted by molar-refractivity contribution is 5.94. The van der Waals surface area contributed by atoms with Crippen LogP contribution in [0.2, 0.25) is 0 Å². The maximum Gasteiger partial charge on any atom is 0.251 e. The molecule has 1 saturated carbocycles. The number of ether oxygens (including phenoxy) is 2. The molecule has 1 heterocycles. The summed E-state index contributed by atoms with van der Waals surface area (Å²) in [6.07, 6.45) is 5.44. The largest absolute Gasteiger partial charge is 0.508 e. The zero-order valence-corrected chi connectivity index (χ0v) is 22.8. The predicted molar refractivity (Wildman–Crippen MR) is 155 cm³/mol. The molecule has 1 aliphatic carbocycles. The minimum absolute atomic E-state index is 0.109. The van der Waals surface area contributed by atoms with Gasteiger partial charge in [0.15, 0.2) is 0 Å². The standard InChI is InChI=1S/C29H39N7O4/c37-25-12-10-22(11-13-25)14-15-31-27-34-28(36-29(35-27)33-24-8-4-5-9-24)32-17-19-40-21-20-39-18-16-30-26(38)23-6-2-1-3-7-23/h1-3,6-7,10-13,24,37H,4-5,8-9,14-21H2,(H,30,38)(H3,31,32,33,34,35,36). The first-order chi connectivity index (χ1) is 19.7. The summed E-state index contributed by atoms with van der Waals surface area (Å²) in [6, 6.07) is 16.7. The number of phenols is 1. The molecule has 3 aromatic rings. The predicted octanol–water partition coefficient (Wildman–Crippen LogP) is 3.46. The molecular formula is C29H39N7O4. The van der Waals surface area contributed by atoms with Gasteiger partial charge in [0.2, 0.25) is 17.8 Å². The number of nitrogens with zero attached hydrogens (tertiary/aromatic N) is 3. The summed E-state index contributed by atoms with van der Waals surface area (Å²) in [5.74, 6) is 1.70.